The second-order valence-corrected chi connectivity index (χ2v) is 5.90. The van der Waals surface area contributed by atoms with E-state index < -0.39 is 0 Å². The van der Waals surface area contributed by atoms with Crippen molar-refractivity contribution in [3.8, 4) is 11.1 Å². The molecule has 0 aliphatic carbocycles. The van der Waals surface area contributed by atoms with Gasteiger partial charge in [-0.25, -0.2) is 0 Å². The third-order valence-electron chi connectivity index (χ3n) is 4.23. The van der Waals surface area contributed by atoms with Gasteiger partial charge in [0.25, 0.3) is 0 Å². The largest absolute Gasteiger partial charge is 0.476 e. The summed E-state index contributed by atoms with van der Waals surface area (Å²) in [5.74, 6) is 0.989. The monoisotopic (exact) mass is 468 g/mol. The molecule has 2 aromatic carbocycles. The van der Waals surface area contributed by atoms with Crippen LogP contribution in [0.25, 0.3) is 11.1 Å². The maximum absolute atomic E-state index is 4.64. The molecule has 0 aromatic heterocycles. The molecule has 2 aromatic rings. The number of hydrogen-bond acceptors (Lipinski definition) is 3. The van der Waals surface area contributed by atoms with Crippen LogP contribution in [0.5, 0.6) is 0 Å². The molecule has 0 saturated carbocycles. The van der Waals surface area contributed by atoms with Crippen LogP contribution >= 0.6 is 0 Å². The summed E-state index contributed by atoms with van der Waals surface area (Å²) >= 11 is 0. The summed E-state index contributed by atoms with van der Waals surface area (Å²) < 4.78 is 0. The first kappa shape index (κ1) is 15.3. The van der Waals surface area contributed by atoms with Crippen molar-refractivity contribution < 1.29 is 20.1 Å². The number of nitrogens with zero attached hydrogens (tertiary/aromatic N) is 3. The van der Waals surface area contributed by atoms with E-state index in [9.17, 15) is 0 Å². The molecule has 0 bridgehead atoms. The number of anilines is 1. The van der Waals surface area contributed by atoms with Crippen LogP contribution in [0.4, 0.5) is 5.69 Å². The summed E-state index contributed by atoms with van der Waals surface area (Å²) in [6, 6.07) is 12.2. The standard InChI is InChI=1S/C18H17N3.Ir/c1-11-5-6-17-15(7-11)14-8-12(2)13(3)9-16(14)18-19-20(4)10-21(17)18;/h5,7-10H,1-4H3;/q-2;. The first-order valence-electron chi connectivity index (χ1n) is 7.14. The maximum atomic E-state index is 4.64. The van der Waals surface area contributed by atoms with Gasteiger partial charge in [0.05, 0.1) is 0 Å². The fraction of sp³-hybridized carbons (Fsp3) is 0.222. The van der Waals surface area contributed by atoms with E-state index in [1.54, 1.807) is 0 Å². The predicted octanol–water partition coefficient (Wildman–Crippen LogP) is 3.62. The molecule has 0 amide bonds. The second kappa shape index (κ2) is 5.22. The molecule has 0 spiro atoms. The summed E-state index contributed by atoms with van der Waals surface area (Å²) in [4.78, 5) is 2.13. The van der Waals surface area contributed by atoms with Crippen molar-refractivity contribution in [2.24, 2.45) is 5.10 Å². The smallest absolute Gasteiger partial charge is 0.127 e. The first-order valence-corrected chi connectivity index (χ1v) is 7.14. The third kappa shape index (κ3) is 2.10. The van der Waals surface area contributed by atoms with E-state index >= 15 is 0 Å². The molecule has 2 aliphatic rings. The third-order valence-corrected chi connectivity index (χ3v) is 4.23. The zero-order valence-corrected chi connectivity index (χ0v) is 15.5. The number of aryl methyl sites for hydroxylation is 3. The first-order chi connectivity index (χ1) is 10.0. The minimum Gasteiger partial charge on any atom is -0.476 e. The Bertz CT molecular complexity index is 795. The summed E-state index contributed by atoms with van der Waals surface area (Å²) in [5, 5.41) is 6.50. The normalized spacial score (nSPS) is 14.8. The molecule has 0 unspecified atom stereocenters. The number of hydrogen-bond donors (Lipinski definition) is 0. The van der Waals surface area contributed by atoms with Crippen molar-refractivity contribution in [2.45, 2.75) is 20.8 Å². The molecule has 115 valence electrons. The Morgan fingerprint density at radius 1 is 1.00 bits per heavy atom. The number of amidine groups is 1. The van der Waals surface area contributed by atoms with Gasteiger partial charge in [0.15, 0.2) is 0 Å². The van der Waals surface area contributed by atoms with Crippen molar-refractivity contribution >= 4 is 11.5 Å². The van der Waals surface area contributed by atoms with Crippen LogP contribution in [-0.4, -0.2) is 17.9 Å². The predicted molar refractivity (Wildman–Crippen MR) is 86.0 cm³/mol. The fourth-order valence-electron chi connectivity index (χ4n) is 3.02. The summed E-state index contributed by atoms with van der Waals surface area (Å²) in [7, 11) is 1.96. The molecule has 4 rings (SSSR count). The number of benzene rings is 2. The Morgan fingerprint density at radius 2 is 1.68 bits per heavy atom. The van der Waals surface area contributed by atoms with Gasteiger partial charge in [-0.3, -0.25) is 0 Å². The van der Waals surface area contributed by atoms with Crippen LogP contribution in [-0.2, 0) is 20.1 Å². The Kier molecular flexibility index (Phi) is 3.62. The van der Waals surface area contributed by atoms with Crippen LogP contribution < -0.4 is 4.90 Å². The SMILES string of the molecule is Cc1c[c-]c2c(c1)-c1cc(C)c(C)cc1C1=NN(C)[CH-]N12.[Ir]. The van der Waals surface area contributed by atoms with E-state index in [0.29, 0.717) is 0 Å². The van der Waals surface area contributed by atoms with Crippen molar-refractivity contribution in [3.05, 3.63) is 59.3 Å². The molecule has 4 heteroatoms. The van der Waals surface area contributed by atoms with E-state index in [2.05, 4.69) is 55.0 Å². The van der Waals surface area contributed by atoms with Crippen LogP contribution in [0.2, 0.25) is 0 Å². The number of fused-ring (bicyclic) bond motifs is 6. The Balaban J connectivity index is 0.00000144. The quantitative estimate of drug-likeness (QED) is 0.551. The van der Waals surface area contributed by atoms with Crippen molar-refractivity contribution in [2.75, 3.05) is 11.9 Å². The van der Waals surface area contributed by atoms with Crippen LogP contribution in [0.3, 0.4) is 0 Å². The van der Waals surface area contributed by atoms with Crippen molar-refractivity contribution in [1.82, 2.24) is 5.01 Å². The maximum Gasteiger partial charge on any atom is 0.127 e. The molecule has 0 saturated heterocycles. The Hall–Kier alpha value is -1.64. The van der Waals surface area contributed by atoms with E-state index in [0.717, 1.165) is 11.5 Å². The van der Waals surface area contributed by atoms with Crippen molar-refractivity contribution in [3.63, 3.8) is 0 Å². The van der Waals surface area contributed by atoms with Gasteiger partial charge in [0, 0.05) is 25.7 Å². The van der Waals surface area contributed by atoms with Crippen LogP contribution in [0.15, 0.2) is 29.4 Å². The summed E-state index contributed by atoms with van der Waals surface area (Å²) in [5.41, 5.74) is 8.61. The van der Waals surface area contributed by atoms with Crippen LogP contribution in [0.1, 0.15) is 22.3 Å². The molecule has 0 atom stereocenters. The van der Waals surface area contributed by atoms with E-state index in [4.69, 9.17) is 0 Å². The molecular formula is C18H17IrN3-2. The van der Waals surface area contributed by atoms with Gasteiger partial charge in [-0.1, -0.05) is 24.2 Å². The molecule has 0 fully saturated rings. The molecule has 0 N–H and O–H groups in total. The minimum atomic E-state index is 0. The molecular weight excluding hydrogens is 450 g/mol. The van der Waals surface area contributed by atoms with Gasteiger partial charge < -0.3 is 9.91 Å². The minimum absolute atomic E-state index is 0. The Labute approximate surface area is 145 Å². The molecule has 2 heterocycles. The second-order valence-electron chi connectivity index (χ2n) is 5.90. The number of hydrazone groups is 1. The molecule has 22 heavy (non-hydrogen) atoms. The van der Waals surface area contributed by atoms with Gasteiger partial charge in [0.2, 0.25) is 0 Å². The Morgan fingerprint density at radius 3 is 2.41 bits per heavy atom. The zero-order valence-electron chi connectivity index (χ0n) is 13.1. The zero-order chi connectivity index (χ0) is 14.7. The van der Waals surface area contributed by atoms with Crippen molar-refractivity contribution in [1.29, 1.82) is 0 Å². The van der Waals surface area contributed by atoms with Gasteiger partial charge in [-0.15, -0.1) is 12.2 Å². The number of rotatable bonds is 0. The van der Waals surface area contributed by atoms with E-state index in [1.807, 2.05) is 24.8 Å². The van der Waals surface area contributed by atoms with Gasteiger partial charge in [-0.2, -0.15) is 28.9 Å². The van der Waals surface area contributed by atoms with Gasteiger partial charge >= 0.3 is 0 Å². The summed E-state index contributed by atoms with van der Waals surface area (Å²) in [6.07, 6.45) is 0. The van der Waals surface area contributed by atoms with Gasteiger partial charge in [-0.05, 0) is 38.1 Å². The average Bonchev–Trinajstić information content (AvgIpc) is 2.83. The average molecular weight is 468 g/mol. The molecule has 2 aliphatic heterocycles. The molecule has 1 radical (unpaired) electrons. The summed E-state index contributed by atoms with van der Waals surface area (Å²) in [6.45, 7) is 8.44. The fourth-order valence-corrected chi connectivity index (χ4v) is 3.02. The topological polar surface area (TPSA) is 18.8 Å². The van der Waals surface area contributed by atoms with Crippen LogP contribution in [0, 0.1) is 33.5 Å². The molecule has 3 nitrogen and oxygen atoms in total. The van der Waals surface area contributed by atoms with E-state index in [-0.39, 0.29) is 20.1 Å². The van der Waals surface area contributed by atoms with Gasteiger partial charge in [0.1, 0.15) is 5.84 Å². The van der Waals surface area contributed by atoms with E-state index in [1.165, 1.54) is 33.4 Å².